The second-order valence-electron chi connectivity index (χ2n) is 8.37. The van der Waals surface area contributed by atoms with Crippen molar-refractivity contribution in [1.29, 1.82) is 0 Å². The van der Waals surface area contributed by atoms with Gasteiger partial charge >= 0.3 is 0 Å². The lowest BCUT2D eigenvalue weighted by Crippen LogP contribution is -2.42. The highest BCUT2D eigenvalue weighted by Crippen LogP contribution is 2.37. The van der Waals surface area contributed by atoms with Crippen LogP contribution in [0.15, 0.2) is 41.7 Å². The maximum absolute atomic E-state index is 12.7. The van der Waals surface area contributed by atoms with Gasteiger partial charge in [-0.2, -0.15) is 4.99 Å². The number of methoxy groups -OCH3 is 1. The van der Waals surface area contributed by atoms with E-state index in [1.54, 1.807) is 25.4 Å². The van der Waals surface area contributed by atoms with Crippen LogP contribution >= 0.6 is 0 Å². The zero-order chi connectivity index (χ0) is 24.2. The Hall–Kier alpha value is -3.54. The van der Waals surface area contributed by atoms with Crippen LogP contribution in [0.2, 0.25) is 0 Å². The Morgan fingerprint density at radius 1 is 1.29 bits per heavy atom. The first kappa shape index (κ1) is 23.2. The van der Waals surface area contributed by atoms with Crippen molar-refractivity contribution in [2.75, 3.05) is 58.4 Å². The normalized spacial score (nSPS) is 17.1. The SMILES string of the molecule is COc1c(OCC(O)CN2CCOCC2)ccc2c3n(c(=NC(=O)c4cccnc4)nc12)CCN3. The third kappa shape index (κ3) is 4.97. The zero-order valence-corrected chi connectivity index (χ0v) is 19.5. The summed E-state index contributed by atoms with van der Waals surface area (Å²) in [6, 6.07) is 7.06. The van der Waals surface area contributed by atoms with Gasteiger partial charge in [0.25, 0.3) is 5.91 Å². The zero-order valence-electron chi connectivity index (χ0n) is 19.5. The van der Waals surface area contributed by atoms with Gasteiger partial charge in [0.1, 0.15) is 24.0 Å². The van der Waals surface area contributed by atoms with Crippen molar-refractivity contribution < 1.29 is 24.1 Å². The molecule has 2 aliphatic rings. The Balaban J connectivity index is 1.46. The lowest BCUT2D eigenvalue weighted by atomic mass is 10.2. The molecule has 1 atom stereocenters. The number of rotatable bonds is 7. The highest BCUT2D eigenvalue weighted by molar-refractivity contribution is 5.96. The molecule has 11 nitrogen and oxygen atoms in total. The van der Waals surface area contributed by atoms with E-state index in [-0.39, 0.29) is 12.2 Å². The number of hydrogen-bond donors (Lipinski definition) is 2. The fourth-order valence-corrected chi connectivity index (χ4v) is 4.31. The average Bonchev–Trinajstić information content (AvgIpc) is 3.39. The molecule has 1 amide bonds. The Bertz CT molecular complexity index is 1270. The molecule has 4 heterocycles. The number of carbonyl (C=O) groups excluding carboxylic acids is 1. The Kier molecular flexibility index (Phi) is 6.89. The molecule has 0 radical (unpaired) electrons. The number of aromatic nitrogens is 3. The second-order valence-corrected chi connectivity index (χ2v) is 8.37. The van der Waals surface area contributed by atoms with Crippen molar-refractivity contribution >= 4 is 22.6 Å². The lowest BCUT2D eigenvalue weighted by Gasteiger charge is -2.28. The molecule has 1 unspecified atom stereocenters. The predicted molar refractivity (Wildman–Crippen MR) is 128 cm³/mol. The van der Waals surface area contributed by atoms with Crippen LogP contribution in [-0.2, 0) is 11.3 Å². The van der Waals surface area contributed by atoms with Crippen LogP contribution in [0.5, 0.6) is 11.5 Å². The Morgan fingerprint density at radius 2 is 2.14 bits per heavy atom. The van der Waals surface area contributed by atoms with Crippen molar-refractivity contribution in [3.63, 3.8) is 0 Å². The Labute approximate surface area is 202 Å². The number of benzene rings is 1. The summed E-state index contributed by atoms with van der Waals surface area (Å²) in [4.78, 5) is 27.8. The van der Waals surface area contributed by atoms with Crippen molar-refractivity contribution in [2.45, 2.75) is 12.6 Å². The molecular weight excluding hydrogens is 452 g/mol. The van der Waals surface area contributed by atoms with Gasteiger partial charge in [0.05, 0.1) is 25.9 Å². The van der Waals surface area contributed by atoms with E-state index >= 15 is 0 Å². The number of fused-ring (bicyclic) bond motifs is 3. The number of nitrogens with one attached hydrogen (secondary N) is 1. The van der Waals surface area contributed by atoms with Crippen molar-refractivity contribution in [2.24, 2.45) is 4.99 Å². The minimum Gasteiger partial charge on any atom is -0.491 e. The average molecular weight is 481 g/mol. The van der Waals surface area contributed by atoms with Crippen LogP contribution in [0.4, 0.5) is 5.82 Å². The minimum atomic E-state index is -0.665. The Morgan fingerprint density at radius 3 is 2.91 bits per heavy atom. The molecule has 11 heteroatoms. The van der Waals surface area contributed by atoms with Gasteiger partial charge in [-0.3, -0.25) is 19.2 Å². The number of morpholine rings is 1. The molecule has 3 aromatic rings. The summed E-state index contributed by atoms with van der Waals surface area (Å²) in [6.07, 6.45) is 2.41. The van der Waals surface area contributed by atoms with Crippen molar-refractivity contribution in [3.8, 4) is 11.5 Å². The van der Waals surface area contributed by atoms with E-state index in [0.717, 1.165) is 24.3 Å². The van der Waals surface area contributed by atoms with E-state index < -0.39 is 12.0 Å². The lowest BCUT2D eigenvalue weighted by molar-refractivity contribution is 0.00447. The number of aliphatic hydroxyl groups excluding tert-OH is 1. The summed E-state index contributed by atoms with van der Waals surface area (Å²) in [5.41, 5.74) is 1.17. The molecule has 184 valence electrons. The van der Waals surface area contributed by atoms with Crippen LogP contribution in [0.1, 0.15) is 10.4 Å². The van der Waals surface area contributed by atoms with E-state index in [9.17, 15) is 9.90 Å². The number of anilines is 1. The van der Waals surface area contributed by atoms with E-state index in [4.69, 9.17) is 14.2 Å². The highest BCUT2D eigenvalue weighted by atomic mass is 16.5. The quantitative estimate of drug-likeness (QED) is 0.502. The third-order valence-electron chi connectivity index (χ3n) is 6.02. The van der Waals surface area contributed by atoms with Gasteiger partial charge in [0, 0.05) is 50.5 Å². The van der Waals surface area contributed by atoms with E-state index in [2.05, 4.69) is 25.2 Å². The summed E-state index contributed by atoms with van der Waals surface area (Å²) in [5.74, 6) is 1.26. The molecule has 2 aromatic heterocycles. The topological polar surface area (TPSA) is 123 Å². The van der Waals surface area contributed by atoms with Crippen LogP contribution in [0.25, 0.3) is 10.9 Å². The molecule has 0 aliphatic carbocycles. The number of hydrogen-bond acceptors (Lipinski definition) is 9. The van der Waals surface area contributed by atoms with E-state index in [0.29, 0.717) is 55.4 Å². The summed E-state index contributed by atoms with van der Waals surface area (Å²) >= 11 is 0. The number of nitrogens with zero attached hydrogens (tertiary/aromatic N) is 5. The van der Waals surface area contributed by atoms with Crippen LogP contribution in [0.3, 0.4) is 0 Å². The molecule has 1 fully saturated rings. The van der Waals surface area contributed by atoms with Gasteiger partial charge in [0.15, 0.2) is 11.5 Å². The summed E-state index contributed by atoms with van der Waals surface area (Å²) in [5, 5.41) is 14.7. The first-order chi connectivity index (χ1) is 17.1. The van der Waals surface area contributed by atoms with Crippen molar-refractivity contribution in [1.82, 2.24) is 19.4 Å². The standard InChI is InChI=1S/C24H28N6O5/c1-33-21-19(35-15-17(31)14-29-9-11-34-12-10-29)5-4-18-20(21)27-24(30-8-7-26-22(18)30)28-23(32)16-3-2-6-25-13-16/h2-6,13,17,26,31H,7-12,14-15H2,1H3. The second kappa shape index (κ2) is 10.4. The monoisotopic (exact) mass is 480 g/mol. The maximum atomic E-state index is 12.7. The molecule has 1 saturated heterocycles. The molecule has 0 spiro atoms. The first-order valence-electron chi connectivity index (χ1n) is 11.6. The van der Waals surface area contributed by atoms with Crippen LogP contribution < -0.4 is 20.4 Å². The fraction of sp³-hybridized carbons (Fsp3) is 0.417. The van der Waals surface area contributed by atoms with Gasteiger partial charge in [-0.15, -0.1) is 0 Å². The third-order valence-corrected chi connectivity index (χ3v) is 6.02. The van der Waals surface area contributed by atoms with Crippen LogP contribution in [0, 0.1) is 0 Å². The number of β-amino-alcohol motifs (C(OH)–C–C–N with tert-alkyl or cyclic N) is 1. The van der Waals surface area contributed by atoms with Crippen molar-refractivity contribution in [3.05, 3.63) is 47.8 Å². The van der Waals surface area contributed by atoms with Gasteiger partial charge in [0.2, 0.25) is 5.62 Å². The summed E-state index contributed by atoms with van der Waals surface area (Å²) < 4.78 is 18.9. The first-order valence-corrected chi connectivity index (χ1v) is 11.6. The summed E-state index contributed by atoms with van der Waals surface area (Å²) in [7, 11) is 1.54. The number of aliphatic hydroxyl groups is 1. The maximum Gasteiger partial charge on any atom is 0.281 e. The van der Waals surface area contributed by atoms with Gasteiger partial charge in [-0.25, -0.2) is 4.98 Å². The van der Waals surface area contributed by atoms with Gasteiger partial charge in [-0.05, 0) is 24.3 Å². The molecule has 5 rings (SSSR count). The largest absolute Gasteiger partial charge is 0.491 e. The van der Waals surface area contributed by atoms with Gasteiger partial charge < -0.3 is 24.6 Å². The predicted octanol–water partition coefficient (Wildman–Crippen LogP) is 0.678. The smallest absolute Gasteiger partial charge is 0.281 e. The van der Waals surface area contributed by atoms with Gasteiger partial charge in [-0.1, -0.05) is 0 Å². The minimum absolute atomic E-state index is 0.105. The molecule has 1 aromatic carbocycles. The van der Waals surface area contributed by atoms with E-state index in [1.165, 1.54) is 6.20 Å². The molecule has 0 saturated carbocycles. The molecule has 0 bridgehead atoms. The highest BCUT2D eigenvalue weighted by Gasteiger charge is 2.22. The fourth-order valence-electron chi connectivity index (χ4n) is 4.31. The number of pyridine rings is 1. The van der Waals surface area contributed by atoms with E-state index in [1.807, 2.05) is 16.7 Å². The number of carbonyl (C=O) groups is 1. The summed E-state index contributed by atoms with van der Waals surface area (Å²) in [6.45, 7) is 4.86. The number of amides is 1. The molecule has 2 aliphatic heterocycles. The molecular formula is C24H28N6O5. The molecule has 35 heavy (non-hydrogen) atoms. The van der Waals surface area contributed by atoms with Crippen LogP contribution in [-0.4, -0.2) is 89.7 Å². The molecule has 2 N–H and O–H groups in total. The number of ether oxygens (including phenoxy) is 3.